The second-order valence-electron chi connectivity index (χ2n) is 5.73. The van der Waals surface area contributed by atoms with E-state index in [9.17, 15) is 14.7 Å². The zero-order valence-electron chi connectivity index (χ0n) is 12.9. The van der Waals surface area contributed by atoms with Crippen LogP contribution in [0.25, 0.3) is 0 Å². The van der Waals surface area contributed by atoms with Gasteiger partial charge in [0.15, 0.2) is 0 Å². The Morgan fingerprint density at radius 2 is 2.27 bits per heavy atom. The number of carbonyl (C=O) groups excluding carboxylic acids is 2. The number of fused-ring (bicyclic) bond motifs is 1. The molecule has 1 aliphatic rings. The van der Waals surface area contributed by atoms with Gasteiger partial charge >= 0.3 is 0 Å². The maximum Gasteiger partial charge on any atom is 0.291 e. The van der Waals surface area contributed by atoms with Gasteiger partial charge in [0, 0.05) is 20.1 Å². The molecule has 1 aliphatic heterocycles. The summed E-state index contributed by atoms with van der Waals surface area (Å²) in [5.41, 5.74) is 2.52. The lowest BCUT2D eigenvalue weighted by molar-refractivity contribution is -0.129. The molecular formula is C16H22N2O4. The zero-order chi connectivity index (χ0) is 16.3. The second kappa shape index (κ2) is 6.89. The molecule has 6 nitrogen and oxygen atoms in total. The molecule has 0 radical (unpaired) electrons. The molecule has 1 heterocycles. The minimum atomic E-state index is -0.864. The Morgan fingerprint density at radius 3 is 2.91 bits per heavy atom. The number of anilines is 2. The first-order valence-electron chi connectivity index (χ1n) is 7.39. The quantitative estimate of drug-likeness (QED) is 0.612. The van der Waals surface area contributed by atoms with E-state index in [1.807, 2.05) is 18.2 Å². The van der Waals surface area contributed by atoms with E-state index < -0.39 is 12.0 Å². The fourth-order valence-electron chi connectivity index (χ4n) is 2.89. The summed E-state index contributed by atoms with van der Waals surface area (Å²) >= 11 is 0. The predicted molar refractivity (Wildman–Crippen MR) is 84.3 cm³/mol. The van der Waals surface area contributed by atoms with Gasteiger partial charge in [-0.05, 0) is 24.0 Å². The molecule has 1 aromatic carbocycles. The molecule has 0 fully saturated rings. The summed E-state index contributed by atoms with van der Waals surface area (Å²) in [5, 5.41) is 18.6. The van der Waals surface area contributed by atoms with Crippen molar-refractivity contribution in [2.75, 3.05) is 36.5 Å². The summed E-state index contributed by atoms with van der Waals surface area (Å²) in [5.74, 6) is -0.265. The van der Waals surface area contributed by atoms with Gasteiger partial charge in [0.05, 0.1) is 24.1 Å². The molecule has 2 unspecified atom stereocenters. The number of nitrogens with zero attached hydrogens (tertiary/aromatic N) is 2. The van der Waals surface area contributed by atoms with Gasteiger partial charge < -0.3 is 20.0 Å². The number of hydrogen-bond acceptors (Lipinski definition) is 5. The van der Waals surface area contributed by atoms with Crippen molar-refractivity contribution < 1.29 is 19.8 Å². The third kappa shape index (κ3) is 3.13. The van der Waals surface area contributed by atoms with E-state index in [1.165, 1.54) is 4.90 Å². The van der Waals surface area contributed by atoms with Gasteiger partial charge in [-0.15, -0.1) is 0 Å². The number of hydrogen-bond donors (Lipinski definition) is 2. The molecule has 0 aliphatic carbocycles. The highest BCUT2D eigenvalue weighted by Gasteiger charge is 2.29. The summed E-state index contributed by atoms with van der Waals surface area (Å²) in [6, 6.07) is 5.72. The minimum absolute atomic E-state index is 0.241. The lowest BCUT2D eigenvalue weighted by atomic mass is 9.90. The van der Waals surface area contributed by atoms with Gasteiger partial charge in [-0.25, -0.2) is 0 Å². The number of carbonyl (C=O) groups is 2. The van der Waals surface area contributed by atoms with Gasteiger partial charge in [0.25, 0.3) is 5.91 Å². The average molecular weight is 306 g/mol. The normalized spacial score (nSPS) is 18.5. The van der Waals surface area contributed by atoms with E-state index in [4.69, 9.17) is 5.11 Å². The van der Waals surface area contributed by atoms with E-state index in [0.717, 1.165) is 23.4 Å². The summed E-state index contributed by atoms with van der Waals surface area (Å²) in [4.78, 5) is 26.2. The molecule has 120 valence electrons. The SMILES string of the molecule is CC1CCN(C(=O)C=O)c2c1cccc2N(C)CC(O)CO. The number of likely N-dealkylation sites (N-methyl/N-ethyl adjacent to an activating group) is 1. The number of amides is 1. The smallest absolute Gasteiger partial charge is 0.291 e. The van der Waals surface area contributed by atoms with Crippen molar-refractivity contribution in [3.8, 4) is 0 Å². The highest BCUT2D eigenvalue weighted by atomic mass is 16.3. The molecule has 0 bridgehead atoms. The number of aliphatic hydroxyl groups is 2. The molecule has 0 spiro atoms. The largest absolute Gasteiger partial charge is 0.394 e. The Morgan fingerprint density at radius 1 is 1.55 bits per heavy atom. The first kappa shape index (κ1) is 16.5. The Balaban J connectivity index is 2.45. The van der Waals surface area contributed by atoms with Crippen LogP contribution in [0.15, 0.2) is 18.2 Å². The van der Waals surface area contributed by atoms with Crippen molar-refractivity contribution in [2.45, 2.75) is 25.4 Å². The van der Waals surface area contributed by atoms with Crippen molar-refractivity contribution in [1.29, 1.82) is 0 Å². The summed E-state index contributed by atoms with van der Waals surface area (Å²) in [6.45, 7) is 2.50. The van der Waals surface area contributed by atoms with E-state index >= 15 is 0 Å². The number of aldehydes is 1. The van der Waals surface area contributed by atoms with E-state index in [0.29, 0.717) is 18.7 Å². The molecule has 6 heteroatoms. The first-order valence-corrected chi connectivity index (χ1v) is 7.39. The average Bonchev–Trinajstić information content (AvgIpc) is 2.54. The predicted octanol–water partition coefficient (Wildman–Crippen LogP) is 0.515. The van der Waals surface area contributed by atoms with Crippen LogP contribution in [0.1, 0.15) is 24.8 Å². The van der Waals surface area contributed by atoms with Gasteiger partial charge in [0.2, 0.25) is 6.29 Å². The molecule has 0 saturated carbocycles. The molecule has 1 amide bonds. The van der Waals surface area contributed by atoms with Crippen LogP contribution in [0.4, 0.5) is 11.4 Å². The Bertz CT molecular complexity index is 561. The van der Waals surface area contributed by atoms with E-state index in [1.54, 1.807) is 11.9 Å². The van der Waals surface area contributed by atoms with Crippen molar-refractivity contribution >= 4 is 23.6 Å². The number of benzene rings is 1. The number of aliphatic hydroxyl groups excluding tert-OH is 2. The van der Waals surface area contributed by atoms with Crippen molar-refractivity contribution in [3.63, 3.8) is 0 Å². The van der Waals surface area contributed by atoms with Gasteiger partial charge in [-0.3, -0.25) is 9.59 Å². The minimum Gasteiger partial charge on any atom is -0.394 e. The Labute approximate surface area is 130 Å². The van der Waals surface area contributed by atoms with Crippen molar-refractivity contribution in [3.05, 3.63) is 23.8 Å². The molecule has 0 aromatic heterocycles. The maximum absolute atomic E-state index is 11.9. The molecule has 0 saturated heterocycles. The van der Waals surface area contributed by atoms with Crippen LogP contribution < -0.4 is 9.80 Å². The van der Waals surface area contributed by atoms with E-state index in [-0.39, 0.29) is 13.2 Å². The van der Waals surface area contributed by atoms with E-state index in [2.05, 4.69) is 6.92 Å². The van der Waals surface area contributed by atoms with Crippen LogP contribution in [-0.4, -0.2) is 55.3 Å². The monoisotopic (exact) mass is 306 g/mol. The number of para-hydroxylation sites is 1. The highest BCUT2D eigenvalue weighted by molar-refractivity contribution is 6.31. The molecule has 2 rings (SSSR count). The molecule has 2 atom stereocenters. The third-order valence-electron chi connectivity index (χ3n) is 4.11. The van der Waals surface area contributed by atoms with Crippen LogP contribution in [-0.2, 0) is 9.59 Å². The van der Waals surface area contributed by atoms with Crippen LogP contribution >= 0.6 is 0 Å². The lowest BCUT2D eigenvalue weighted by Gasteiger charge is -2.36. The molecule has 22 heavy (non-hydrogen) atoms. The third-order valence-corrected chi connectivity index (χ3v) is 4.11. The van der Waals surface area contributed by atoms with Crippen molar-refractivity contribution in [1.82, 2.24) is 0 Å². The number of rotatable bonds is 5. The topological polar surface area (TPSA) is 81.1 Å². The maximum atomic E-state index is 11.9. The van der Waals surface area contributed by atoms with Gasteiger partial charge in [0.1, 0.15) is 0 Å². The fourth-order valence-corrected chi connectivity index (χ4v) is 2.89. The summed E-state index contributed by atoms with van der Waals surface area (Å²) < 4.78 is 0. The van der Waals surface area contributed by atoms with Crippen molar-refractivity contribution in [2.24, 2.45) is 0 Å². The zero-order valence-corrected chi connectivity index (χ0v) is 12.9. The standard InChI is InChI=1S/C16H22N2O4/c1-11-6-7-18(15(22)10-20)16-13(11)4-3-5-14(16)17(2)8-12(21)9-19/h3-5,10-12,19,21H,6-9H2,1-2H3. The van der Waals surface area contributed by atoms with Gasteiger partial charge in [-0.2, -0.15) is 0 Å². The van der Waals surface area contributed by atoms with Crippen LogP contribution in [0.3, 0.4) is 0 Å². The highest BCUT2D eigenvalue weighted by Crippen LogP contribution is 2.41. The summed E-state index contributed by atoms with van der Waals surface area (Å²) in [7, 11) is 1.79. The Hall–Kier alpha value is -1.92. The summed E-state index contributed by atoms with van der Waals surface area (Å²) in [6.07, 6.45) is 0.273. The second-order valence-corrected chi connectivity index (χ2v) is 5.73. The van der Waals surface area contributed by atoms with Crippen LogP contribution in [0.2, 0.25) is 0 Å². The molecular weight excluding hydrogens is 284 g/mol. The molecule has 1 aromatic rings. The lowest BCUT2D eigenvalue weighted by Crippen LogP contribution is -2.39. The molecule has 2 N–H and O–H groups in total. The first-order chi connectivity index (χ1) is 10.5. The fraction of sp³-hybridized carbons (Fsp3) is 0.500. The van der Waals surface area contributed by atoms with Crippen LogP contribution in [0, 0.1) is 0 Å². The Kier molecular flexibility index (Phi) is 5.15. The van der Waals surface area contributed by atoms with Gasteiger partial charge in [-0.1, -0.05) is 19.1 Å². The van der Waals surface area contributed by atoms with Crippen LogP contribution in [0.5, 0.6) is 0 Å².